The van der Waals surface area contributed by atoms with Crippen LogP contribution in [-0.4, -0.2) is 50.3 Å². The second-order valence-electron chi connectivity index (χ2n) is 9.73. The lowest BCUT2D eigenvalue weighted by Gasteiger charge is -2.27. The molecule has 0 bridgehead atoms. The van der Waals surface area contributed by atoms with E-state index in [2.05, 4.69) is 20.3 Å². The fourth-order valence-electron chi connectivity index (χ4n) is 4.07. The Hall–Kier alpha value is -4.32. The number of aryl methyl sites for hydroxylation is 1. The van der Waals surface area contributed by atoms with Crippen molar-refractivity contribution in [2.24, 2.45) is 10.9 Å². The zero-order valence-corrected chi connectivity index (χ0v) is 22.5. The van der Waals surface area contributed by atoms with Crippen LogP contribution in [0.2, 0.25) is 5.02 Å². The number of hydrogen-bond acceptors (Lipinski definition) is 7. The number of rotatable bonds is 8. The van der Waals surface area contributed by atoms with Gasteiger partial charge in [0.25, 0.3) is 0 Å². The largest absolute Gasteiger partial charge is 0.430 e. The first-order chi connectivity index (χ1) is 18.8. The van der Waals surface area contributed by atoms with E-state index in [0.29, 0.717) is 22.9 Å². The van der Waals surface area contributed by atoms with Crippen LogP contribution in [0.3, 0.4) is 0 Å². The molecular formula is C27H26ClF3N8O. The zero-order chi connectivity index (χ0) is 29.2. The van der Waals surface area contributed by atoms with Crippen LogP contribution in [0.15, 0.2) is 59.9 Å². The number of aromatic nitrogens is 4. The first-order valence-electron chi connectivity index (χ1n) is 12.1. The van der Waals surface area contributed by atoms with Gasteiger partial charge in [0.05, 0.1) is 16.6 Å². The normalized spacial score (nSPS) is 13.3. The molecule has 208 valence electrons. The predicted octanol–water partition coefficient (Wildman–Crippen LogP) is 5.49. The van der Waals surface area contributed by atoms with Gasteiger partial charge in [0.1, 0.15) is 29.5 Å². The number of hydrogen-bond donors (Lipinski definition) is 3. The van der Waals surface area contributed by atoms with Crippen LogP contribution in [0.25, 0.3) is 22.3 Å². The third-order valence-corrected chi connectivity index (χ3v) is 6.41. The third-order valence-electron chi connectivity index (χ3n) is 6.18. The van der Waals surface area contributed by atoms with Crippen molar-refractivity contribution in [2.75, 3.05) is 12.3 Å². The molecule has 0 fully saturated rings. The van der Waals surface area contributed by atoms with Crippen LogP contribution in [0.1, 0.15) is 19.4 Å². The van der Waals surface area contributed by atoms with E-state index < -0.39 is 29.3 Å². The first-order valence-corrected chi connectivity index (χ1v) is 12.5. The fraction of sp³-hybridized carbons (Fsp3) is 0.259. The highest BCUT2D eigenvalue weighted by atomic mass is 35.5. The molecule has 0 saturated carbocycles. The Morgan fingerprint density at radius 3 is 2.52 bits per heavy atom. The molecule has 0 saturated heterocycles. The number of nitrogens with one attached hydrogen (secondary N) is 2. The van der Waals surface area contributed by atoms with E-state index in [-0.39, 0.29) is 23.1 Å². The summed E-state index contributed by atoms with van der Waals surface area (Å²) in [5, 5.41) is 15.6. The van der Waals surface area contributed by atoms with Crippen molar-refractivity contribution in [3.05, 3.63) is 65.4 Å². The smallest absolute Gasteiger partial charge is 0.383 e. The lowest BCUT2D eigenvalue weighted by atomic mass is 10.0. The Kier molecular flexibility index (Phi) is 7.92. The number of benzene rings is 2. The van der Waals surface area contributed by atoms with E-state index in [1.54, 1.807) is 18.5 Å². The molecule has 1 amide bonds. The monoisotopic (exact) mass is 570 g/mol. The fourth-order valence-corrected chi connectivity index (χ4v) is 4.26. The van der Waals surface area contributed by atoms with Crippen LogP contribution in [0, 0.1) is 18.3 Å². The number of alkyl halides is 3. The molecule has 40 heavy (non-hydrogen) atoms. The molecule has 2 aromatic carbocycles. The van der Waals surface area contributed by atoms with Crippen LogP contribution < -0.4 is 11.1 Å². The summed E-state index contributed by atoms with van der Waals surface area (Å²) >= 11 is 5.88. The molecule has 0 spiro atoms. The average Bonchev–Trinajstić information content (AvgIpc) is 3.29. The first kappa shape index (κ1) is 28.7. The van der Waals surface area contributed by atoms with Crippen LogP contribution in [-0.2, 0) is 10.3 Å². The molecule has 9 nitrogen and oxygen atoms in total. The second-order valence-corrected chi connectivity index (χ2v) is 10.2. The molecule has 2 aromatic heterocycles. The number of fused-ring (bicyclic) bond motifs is 1. The topological polar surface area (TPSA) is 135 Å². The summed E-state index contributed by atoms with van der Waals surface area (Å²) in [6.07, 6.45) is -3.28. The number of carbonyl (C=O) groups excluding carboxylic acids is 1. The highest BCUT2D eigenvalue weighted by molar-refractivity contribution is 6.30. The van der Waals surface area contributed by atoms with E-state index >= 15 is 0 Å². The minimum Gasteiger partial charge on any atom is -0.383 e. The predicted molar refractivity (Wildman–Crippen MR) is 149 cm³/mol. The minimum absolute atomic E-state index is 0.0938. The van der Waals surface area contributed by atoms with Gasteiger partial charge < -0.3 is 16.5 Å². The van der Waals surface area contributed by atoms with Crippen molar-refractivity contribution in [1.82, 2.24) is 25.1 Å². The number of anilines is 1. The number of nitrogen functional groups attached to an aromatic ring is 1. The van der Waals surface area contributed by atoms with Gasteiger partial charge in [-0.2, -0.15) is 18.3 Å². The van der Waals surface area contributed by atoms with Gasteiger partial charge in [-0.25, -0.2) is 19.6 Å². The summed E-state index contributed by atoms with van der Waals surface area (Å²) < 4.78 is 43.4. The van der Waals surface area contributed by atoms with E-state index in [4.69, 9.17) is 27.8 Å². The number of amides is 1. The molecule has 13 heteroatoms. The molecule has 0 aliphatic rings. The average molecular weight is 571 g/mol. The van der Waals surface area contributed by atoms with Gasteiger partial charge >= 0.3 is 6.18 Å². The third kappa shape index (κ3) is 5.96. The lowest BCUT2D eigenvalue weighted by Crippen LogP contribution is -2.47. The summed E-state index contributed by atoms with van der Waals surface area (Å²) in [7, 11) is 0. The van der Waals surface area contributed by atoms with Gasteiger partial charge in [-0.05, 0) is 39.0 Å². The molecule has 1 unspecified atom stereocenters. The number of carbonyl (C=O) groups is 1. The van der Waals surface area contributed by atoms with E-state index in [0.717, 1.165) is 11.1 Å². The SMILES string of the molecule is Cc1ccc(-c2nn(C(C)(C)CNC(=O)C(C=N)C(=Nc3cccc(Cl)c3)C(F)(F)F)c3ncnc(N)c23)cc1. The maximum absolute atomic E-state index is 14.0. The van der Waals surface area contributed by atoms with Crippen molar-refractivity contribution in [1.29, 1.82) is 5.41 Å². The van der Waals surface area contributed by atoms with Gasteiger partial charge in [-0.15, -0.1) is 0 Å². The molecule has 0 aliphatic carbocycles. The molecular weight excluding hydrogens is 545 g/mol. The second kappa shape index (κ2) is 11.0. The number of aliphatic imine (C=N–C) groups is 1. The zero-order valence-electron chi connectivity index (χ0n) is 21.8. The molecule has 0 radical (unpaired) electrons. The van der Waals surface area contributed by atoms with Gasteiger partial charge in [0.2, 0.25) is 5.91 Å². The summed E-state index contributed by atoms with van der Waals surface area (Å²) in [6.45, 7) is 5.28. The Labute approximate surface area is 232 Å². The lowest BCUT2D eigenvalue weighted by molar-refractivity contribution is -0.123. The van der Waals surface area contributed by atoms with Gasteiger partial charge in [0.15, 0.2) is 5.65 Å². The summed E-state index contributed by atoms with van der Waals surface area (Å²) in [6, 6.07) is 13.1. The van der Waals surface area contributed by atoms with Crippen LogP contribution >= 0.6 is 11.6 Å². The quantitative estimate of drug-likeness (QED) is 0.241. The summed E-state index contributed by atoms with van der Waals surface area (Å²) in [5.74, 6) is -2.83. The molecule has 1 atom stereocenters. The highest BCUT2D eigenvalue weighted by Gasteiger charge is 2.43. The van der Waals surface area contributed by atoms with Crippen molar-refractivity contribution in [3.63, 3.8) is 0 Å². The Balaban J connectivity index is 1.66. The molecule has 0 aliphatic heterocycles. The van der Waals surface area contributed by atoms with Crippen molar-refractivity contribution < 1.29 is 18.0 Å². The summed E-state index contributed by atoms with van der Waals surface area (Å²) in [4.78, 5) is 25.1. The maximum atomic E-state index is 14.0. The van der Waals surface area contributed by atoms with Gasteiger partial charge in [0, 0.05) is 23.3 Å². The molecule has 4 rings (SSSR count). The van der Waals surface area contributed by atoms with Crippen LogP contribution in [0.4, 0.5) is 24.7 Å². The number of halogens is 4. The standard InChI is InChI=1S/C27H26ClF3N8O/c1-15-7-9-16(10-8-15)21-20-23(33)35-14-36-24(20)39(38-21)26(2,3)13-34-25(40)19(12-32)22(27(29,30)31)37-18-6-4-5-17(28)11-18/h4-12,14,19,32H,13H2,1-3H3,(H,34,40)(H2,33,35,36). The van der Waals surface area contributed by atoms with Crippen LogP contribution in [0.5, 0.6) is 0 Å². The summed E-state index contributed by atoms with van der Waals surface area (Å²) in [5.41, 5.74) is 6.41. The van der Waals surface area contributed by atoms with E-state index in [1.165, 1.54) is 30.6 Å². The van der Waals surface area contributed by atoms with E-state index in [9.17, 15) is 18.0 Å². The van der Waals surface area contributed by atoms with Crippen molar-refractivity contribution in [2.45, 2.75) is 32.5 Å². The van der Waals surface area contributed by atoms with Crippen molar-refractivity contribution in [3.8, 4) is 11.3 Å². The number of nitrogens with two attached hydrogens (primary N) is 1. The highest BCUT2D eigenvalue weighted by Crippen LogP contribution is 2.33. The minimum atomic E-state index is -4.98. The van der Waals surface area contributed by atoms with Gasteiger partial charge in [-0.1, -0.05) is 47.5 Å². The molecule has 2 heterocycles. The van der Waals surface area contributed by atoms with Gasteiger partial charge in [-0.3, -0.25) is 4.79 Å². The Morgan fingerprint density at radius 2 is 1.90 bits per heavy atom. The molecule has 4 N–H and O–H groups in total. The maximum Gasteiger partial charge on any atom is 0.430 e. The van der Waals surface area contributed by atoms with E-state index in [1.807, 2.05) is 31.2 Å². The van der Waals surface area contributed by atoms with Crippen molar-refractivity contribution >= 4 is 52.0 Å². The Morgan fingerprint density at radius 1 is 1.20 bits per heavy atom. The molecule has 4 aromatic rings. The number of nitrogens with zero attached hydrogens (tertiary/aromatic N) is 5. The Bertz CT molecular complexity index is 1600.